The summed E-state index contributed by atoms with van der Waals surface area (Å²) in [6.45, 7) is 2.11. The maximum Gasteiger partial charge on any atom is 0.349 e. The number of anilines is 1. The second-order valence-corrected chi connectivity index (χ2v) is 8.52. The molecule has 0 radical (unpaired) electrons. The van der Waals surface area contributed by atoms with E-state index in [1.807, 2.05) is 24.3 Å². The van der Waals surface area contributed by atoms with E-state index in [0.29, 0.717) is 5.56 Å². The third-order valence-corrected chi connectivity index (χ3v) is 6.67. The van der Waals surface area contributed by atoms with Crippen LogP contribution in [0.4, 0.5) is 5.69 Å². The lowest BCUT2D eigenvalue weighted by Gasteiger charge is -2.21. The maximum absolute atomic E-state index is 11.6. The van der Waals surface area contributed by atoms with Gasteiger partial charge in [-0.3, -0.25) is 0 Å². The zero-order chi connectivity index (χ0) is 20.8. The van der Waals surface area contributed by atoms with E-state index in [-0.39, 0.29) is 10.6 Å². The van der Waals surface area contributed by atoms with Gasteiger partial charge in [0, 0.05) is 22.7 Å². The number of carbonyl (C=O) groups is 2. The zero-order valence-electron chi connectivity index (χ0n) is 16.6. The molecule has 3 rings (SSSR count). The molecule has 1 aliphatic rings. The molecule has 1 aliphatic carbocycles. The molecule has 0 saturated heterocycles. The van der Waals surface area contributed by atoms with Gasteiger partial charge < -0.3 is 20.3 Å². The summed E-state index contributed by atoms with van der Waals surface area (Å²) in [7, 11) is 0. The average Bonchev–Trinajstić information content (AvgIpc) is 3.04. The van der Waals surface area contributed by atoms with E-state index in [9.17, 15) is 14.7 Å². The van der Waals surface area contributed by atoms with Crippen molar-refractivity contribution in [3.8, 4) is 16.2 Å². The molecule has 0 aliphatic heterocycles. The smallest absolute Gasteiger partial charge is 0.349 e. The predicted octanol–water partition coefficient (Wildman–Crippen LogP) is 5.27. The molecule has 29 heavy (non-hydrogen) atoms. The van der Waals surface area contributed by atoms with Crippen LogP contribution < -0.4 is 10.1 Å². The van der Waals surface area contributed by atoms with Gasteiger partial charge in [0.05, 0.1) is 0 Å². The molecule has 0 amide bonds. The summed E-state index contributed by atoms with van der Waals surface area (Å²) in [6.07, 6.45) is 7.87. The van der Waals surface area contributed by atoms with E-state index >= 15 is 0 Å². The summed E-state index contributed by atoms with van der Waals surface area (Å²) in [5.74, 6) is -1.31. The van der Waals surface area contributed by atoms with Crippen molar-refractivity contribution in [2.75, 3.05) is 18.5 Å². The van der Waals surface area contributed by atoms with Crippen LogP contribution in [0.2, 0.25) is 0 Å². The zero-order valence-corrected chi connectivity index (χ0v) is 17.4. The van der Waals surface area contributed by atoms with Crippen LogP contribution in [0.5, 0.6) is 5.75 Å². The number of hydrogen-bond donors (Lipinski definition) is 3. The minimum absolute atomic E-state index is 0.0226. The Labute approximate surface area is 174 Å². The first kappa shape index (κ1) is 21.2. The van der Waals surface area contributed by atoms with E-state index < -0.39 is 18.5 Å². The van der Waals surface area contributed by atoms with Gasteiger partial charge in [-0.05, 0) is 37.0 Å². The fourth-order valence-electron chi connectivity index (χ4n) is 3.89. The van der Waals surface area contributed by atoms with Crippen LogP contribution in [-0.2, 0) is 4.79 Å². The van der Waals surface area contributed by atoms with Crippen molar-refractivity contribution in [2.45, 2.75) is 45.4 Å². The third-order valence-electron chi connectivity index (χ3n) is 5.36. The lowest BCUT2D eigenvalue weighted by molar-refractivity contribution is -0.139. The normalized spacial score (nSPS) is 14.5. The Kier molecular flexibility index (Phi) is 7.14. The molecule has 0 unspecified atom stereocenters. The number of carboxylic acid groups (broad SMARTS) is 2. The molecule has 3 N–H and O–H groups in total. The highest BCUT2D eigenvalue weighted by molar-refractivity contribution is 7.18. The Morgan fingerprint density at radius 2 is 1.97 bits per heavy atom. The highest BCUT2D eigenvalue weighted by Gasteiger charge is 2.23. The minimum Gasteiger partial charge on any atom is -0.480 e. The molecule has 7 heteroatoms. The Hall–Kier alpha value is -2.54. The van der Waals surface area contributed by atoms with Crippen LogP contribution in [0, 0.1) is 12.8 Å². The van der Waals surface area contributed by atoms with Crippen LogP contribution in [0.15, 0.2) is 24.3 Å². The van der Waals surface area contributed by atoms with Crippen LogP contribution in [0.3, 0.4) is 0 Å². The summed E-state index contributed by atoms with van der Waals surface area (Å²) in [6, 6.07) is 7.88. The van der Waals surface area contributed by atoms with Crippen molar-refractivity contribution in [1.29, 1.82) is 0 Å². The van der Waals surface area contributed by atoms with Gasteiger partial charge in [0.15, 0.2) is 11.5 Å². The topological polar surface area (TPSA) is 95.9 Å². The van der Waals surface area contributed by atoms with Gasteiger partial charge in [-0.1, -0.05) is 44.2 Å². The van der Waals surface area contributed by atoms with Gasteiger partial charge in [-0.25, -0.2) is 9.59 Å². The van der Waals surface area contributed by atoms with Crippen molar-refractivity contribution in [3.05, 3.63) is 34.7 Å². The average molecular weight is 418 g/mol. The number of nitrogens with one attached hydrogen (secondary N) is 1. The number of hydrogen-bond acceptors (Lipinski definition) is 5. The van der Waals surface area contributed by atoms with Crippen LogP contribution in [0.25, 0.3) is 10.4 Å². The fraction of sp³-hybridized carbons (Fsp3) is 0.455. The molecule has 2 aromatic rings. The Morgan fingerprint density at radius 3 is 2.66 bits per heavy atom. The summed E-state index contributed by atoms with van der Waals surface area (Å²) in [5, 5.41) is 21.8. The SMILES string of the molecule is Cc1c(-c2cccc(NCCC3CCCCC3)c2)sc(C(=O)O)c1OCC(=O)O. The van der Waals surface area contributed by atoms with Crippen LogP contribution >= 0.6 is 11.3 Å². The standard InChI is InChI=1S/C22H27NO5S/c1-14-19(28-13-18(24)25)21(22(26)27)29-20(14)16-8-5-9-17(12-16)23-11-10-15-6-3-2-4-7-15/h5,8-9,12,15,23H,2-4,6-7,10-11,13H2,1H3,(H,24,25)(H,26,27). The molecule has 1 fully saturated rings. The van der Waals surface area contributed by atoms with Gasteiger partial charge in [0.2, 0.25) is 0 Å². The molecule has 0 bridgehead atoms. The number of aromatic carboxylic acids is 1. The van der Waals surface area contributed by atoms with Gasteiger partial charge in [-0.15, -0.1) is 11.3 Å². The first-order valence-electron chi connectivity index (χ1n) is 10.0. The monoisotopic (exact) mass is 417 g/mol. The lowest BCUT2D eigenvalue weighted by atomic mass is 9.87. The summed E-state index contributed by atoms with van der Waals surface area (Å²) >= 11 is 1.11. The highest BCUT2D eigenvalue weighted by Crippen LogP contribution is 2.42. The van der Waals surface area contributed by atoms with Crippen molar-refractivity contribution in [1.82, 2.24) is 0 Å². The largest absolute Gasteiger partial charge is 0.480 e. The molecule has 1 aromatic carbocycles. The molecule has 156 valence electrons. The number of aliphatic carboxylic acids is 1. The van der Waals surface area contributed by atoms with Crippen LogP contribution in [-0.4, -0.2) is 35.3 Å². The van der Waals surface area contributed by atoms with Crippen molar-refractivity contribution < 1.29 is 24.5 Å². The molecule has 1 aromatic heterocycles. The highest BCUT2D eigenvalue weighted by atomic mass is 32.1. The van der Waals surface area contributed by atoms with E-state index in [1.165, 1.54) is 38.5 Å². The predicted molar refractivity (Wildman–Crippen MR) is 114 cm³/mol. The first-order chi connectivity index (χ1) is 14.0. The van der Waals surface area contributed by atoms with Gasteiger partial charge in [-0.2, -0.15) is 0 Å². The Balaban J connectivity index is 1.74. The summed E-state index contributed by atoms with van der Waals surface area (Å²) in [4.78, 5) is 23.2. The van der Waals surface area contributed by atoms with Gasteiger partial charge in [0.25, 0.3) is 0 Å². The van der Waals surface area contributed by atoms with E-state index in [4.69, 9.17) is 9.84 Å². The first-order valence-corrected chi connectivity index (χ1v) is 10.8. The molecule has 1 saturated carbocycles. The number of benzene rings is 1. The second-order valence-electron chi connectivity index (χ2n) is 7.50. The second kappa shape index (κ2) is 9.78. The summed E-state index contributed by atoms with van der Waals surface area (Å²) in [5.41, 5.74) is 2.53. The number of thiophene rings is 1. The van der Waals surface area contributed by atoms with Crippen molar-refractivity contribution in [3.63, 3.8) is 0 Å². The molecule has 0 atom stereocenters. The van der Waals surface area contributed by atoms with E-state index in [2.05, 4.69) is 5.32 Å². The number of carboxylic acids is 2. The quantitative estimate of drug-likeness (QED) is 0.514. The molecule has 0 spiro atoms. The fourth-order valence-corrected chi connectivity index (χ4v) is 4.98. The van der Waals surface area contributed by atoms with E-state index in [0.717, 1.165) is 39.9 Å². The Bertz CT molecular complexity index is 870. The lowest BCUT2D eigenvalue weighted by Crippen LogP contribution is -2.12. The molecular weight excluding hydrogens is 390 g/mol. The third kappa shape index (κ3) is 5.50. The molecule has 6 nitrogen and oxygen atoms in total. The minimum atomic E-state index is -1.14. The van der Waals surface area contributed by atoms with Crippen LogP contribution in [0.1, 0.15) is 53.8 Å². The summed E-state index contributed by atoms with van der Waals surface area (Å²) < 4.78 is 5.27. The van der Waals surface area contributed by atoms with E-state index in [1.54, 1.807) is 6.92 Å². The van der Waals surface area contributed by atoms with Gasteiger partial charge >= 0.3 is 11.9 Å². The number of ether oxygens (including phenoxy) is 1. The molecule has 1 heterocycles. The number of rotatable bonds is 9. The Morgan fingerprint density at radius 1 is 1.21 bits per heavy atom. The van der Waals surface area contributed by atoms with Crippen molar-refractivity contribution in [2.24, 2.45) is 5.92 Å². The maximum atomic E-state index is 11.6. The van der Waals surface area contributed by atoms with Gasteiger partial charge in [0.1, 0.15) is 5.75 Å². The molecular formula is C22H27NO5S. The van der Waals surface area contributed by atoms with Crippen molar-refractivity contribution >= 4 is 29.0 Å².